The zero-order chi connectivity index (χ0) is 10.8. The second-order valence-electron chi connectivity index (χ2n) is 5.00. The van der Waals surface area contributed by atoms with Crippen molar-refractivity contribution in [2.45, 2.75) is 25.3 Å². The SMILES string of the molecule is CN(CC1CC1)C(=O)CN1CC[C@@H](N)C1.Cl. The molecule has 2 aliphatic rings. The molecule has 2 N–H and O–H groups in total. The number of carbonyl (C=O) groups is 1. The summed E-state index contributed by atoms with van der Waals surface area (Å²) < 4.78 is 0. The van der Waals surface area contributed by atoms with Gasteiger partial charge in [-0.3, -0.25) is 9.69 Å². The van der Waals surface area contributed by atoms with Gasteiger partial charge in [0.05, 0.1) is 6.54 Å². The highest BCUT2D eigenvalue weighted by molar-refractivity contribution is 5.85. The molecule has 1 saturated carbocycles. The third-order valence-corrected chi connectivity index (χ3v) is 3.32. The van der Waals surface area contributed by atoms with Gasteiger partial charge in [-0.15, -0.1) is 12.4 Å². The lowest BCUT2D eigenvalue weighted by molar-refractivity contribution is -0.131. The van der Waals surface area contributed by atoms with E-state index in [1.807, 2.05) is 11.9 Å². The van der Waals surface area contributed by atoms with E-state index in [-0.39, 0.29) is 24.4 Å². The van der Waals surface area contributed by atoms with Gasteiger partial charge in [0.2, 0.25) is 5.91 Å². The normalized spacial score (nSPS) is 25.2. The van der Waals surface area contributed by atoms with Crippen molar-refractivity contribution >= 4 is 18.3 Å². The first-order valence-electron chi connectivity index (χ1n) is 5.87. The quantitative estimate of drug-likeness (QED) is 0.778. The number of carbonyl (C=O) groups excluding carboxylic acids is 1. The van der Waals surface area contributed by atoms with E-state index in [1.54, 1.807) is 0 Å². The summed E-state index contributed by atoms with van der Waals surface area (Å²) in [6.45, 7) is 3.35. The highest BCUT2D eigenvalue weighted by atomic mass is 35.5. The summed E-state index contributed by atoms with van der Waals surface area (Å²) in [5.41, 5.74) is 5.80. The maximum Gasteiger partial charge on any atom is 0.236 e. The Bertz CT molecular complexity index is 245. The Hall–Kier alpha value is -0.320. The summed E-state index contributed by atoms with van der Waals surface area (Å²) in [4.78, 5) is 15.9. The van der Waals surface area contributed by atoms with Crippen LogP contribution >= 0.6 is 12.4 Å². The third kappa shape index (κ3) is 3.92. The molecule has 0 bridgehead atoms. The van der Waals surface area contributed by atoms with Crippen LogP contribution in [0.1, 0.15) is 19.3 Å². The molecule has 1 atom stereocenters. The zero-order valence-electron chi connectivity index (χ0n) is 9.89. The number of likely N-dealkylation sites (tertiary alicyclic amines) is 1. The predicted molar refractivity (Wildman–Crippen MR) is 66.6 cm³/mol. The molecule has 0 unspecified atom stereocenters. The molecule has 0 aromatic rings. The molecule has 1 aliphatic heterocycles. The molecule has 2 rings (SSSR count). The largest absolute Gasteiger partial charge is 0.344 e. The molecule has 5 heteroatoms. The molecule has 0 aromatic carbocycles. The topological polar surface area (TPSA) is 49.6 Å². The molecule has 16 heavy (non-hydrogen) atoms. The van der Waals surface area contributed by atoms with Crippen molar-refractivity contribution < 1.29 is 4.79 Å². The van der Waals surface area contributed by atoms with E-state index in [9.17, 15) is 4.79 Å². The summed E-state index contributed by atoms with van der Waals surface area (Å²) in [5, 5.41) is 0. The molecule has 0 spiro atoms. The molecule has 1 amide bonds. The van der Waals surface area contributed by atoms with Crippen LogP contribution in [0.3, 0.4) is 0 Å². The molecule has 2 fully saturated rings. The van der Waals surface area contributed by atoms with E-state index in [0.717, 1.165) is 32.0 Å². The van der Waals surface area contributed by atoms with Crippen molar-refractivity contribution in [1.82, 2.24) is 9.80 Å². The van der Waals surface area contributed by atoms with Gasteiger partial charge in [0.1, 0.15) is 0 Å². The second-order valence-corrected chi connectivity index (χ2v) is 5.00. The number of likely N-dealkylation sites (N-methyl/N-ethyl adjacent to an activating group) is 1. The van der Waals surface area contributed by atoms with Gasteiger partial charge in [-0.05, 0) is 25.2 Å². The standard InChI is InChI=1S/C11H21N3O.ClH/c1-13(6-9-2-3-9)11(15)8-14-5-4-10(12)7-14;/h9-10H,2-8,12H2,1H3;1H/t10-;/m1./s1. The van der Waals surface area contributed by atoms with Crippen LogP contribution in [-0.2, 0) is 4.79 Å². The Kier molecular flexibility index (Phi) is 5.02. The van der Waals surface area contributed by atoms with Gasteiger partial charge in [0.25, 0.3) is 0 Å². The van der Waals surface area contributed by atoms with E-state index in [2.05, 4.69) is 4.90 Å². The molecule has 1 heterocycles. The van der Waals surface area contributed by atoms with Gasteiger partial charge >= 0.3 is 0 Å². The first-order chi connectivity index (χ1) is 7.15. The van der Waals surface area contributed by atoms with E-state index in [1.165, 1.54) is 12.8 Å². The van der Waals surface area contributed by atoms with Crippen molar-refractivity contribution in [2.24, 2.45) is 11.7 Å². The highest BCUT2D eigenvalue weighted by Crippen LogP contribution is 2.29. The zero-order valence-corrected chi connectivity index (χ0v) is 10.7. The fourth-order valence-corrected chi connectivity index (χ4v) is 2.11. The van der Waals surface area contributed by atoms with E-state index in [4.69, 9.17) is 5.73 Å². The van der Waals surface area contributed by atoms with Gasteiger partial charge in [-0.1, -0.05) is 0 Å². The number of halogens is 1. The van der Waals surface area contributed by atoms with Crippen molar-refractivity contribution in [3.63, 3.8) is 0 Å². The van der Waals surface area contributed by atoms with E-state index in [0.29, 0.717) is 6.54 Å². The number of hydrogen-bond donors (Lipinski definition) is 1. The summed E-state index contributed by atoms with van der Waals surface area (Å²) in [6.07, 6.45) is 3.62. The van der Waals surface area contributed by atoms with Crippen LogP contribution in [0.15, 0.2) is 0 Å². The molecule has 0 aromatic heterocycles. The maximum atomic E-state index is 11.8. The van der Waals surface area contributed by atoms with Crippen LogP contribution in [0.2, 0.25) is 0 Å². The van der Waals surface area contributed by atoms with Crippen molar-refractivity contribution in [2.75, 3.05) is 33.2 Å². The lowest BCUT2D eigenvalue weighted by atomic mass is 10.3. The lowest BCUT2D eigenvalue weighted by Crippen LogP contribution is -2.39. The Morgan fingerprint density at radius 1 is 1.44 bits per heavy atom. The number of nitrogens with zero attached hydrogens (tertiary/aromatic N) is 2. The predicted octanol–water partition coefficient (Wildman–Crippen LogP) is 0.310. The molecule has 4 nitrogen and oxygen atoms in total. The number of rotatable bonds is 4. The number of amides is 1. The van der Waals surface area contributed by atoms with Gasteiger partial charge in [-0.2, -0.15) is 0 Å². The Morgan fingerprint density at radius 2 is 2.12 bits per heavy atom. The molecular formula is C11H22ClN3O. The van der Waals surface area contributed by atoms with Gasteiger partial charge < -0.3 is 10.6 Å². The van der Waals surface area contributed by atoms with Crippen LogP contribution in [0.5, 0.6) is 0 Å². The van der Waals surface area contributed by atoms with Crippen LogP contribution in [0.4, 0.5) is 0 Å². The van der Waals surface area contributed by atoms with E-state index >= 15 is 0 Å². The second kappa shape index (κ2) is 5.84. The molecule has 0 radical (unpaired) electrons. The van der Waals surface area contributed by atoms with E-state index < -0.39 is 0 Å². The fraction of sp³-hybridized carbons (Fsp3) is 0.909. The minimum Gasteiger partial charge on any atom is -0.344 e. The van der Waals surface area contributed by atoms with Crippen molar-refractivity contribution in [3.8, 4) is 0 Å². The summed E-state index contributed by atoms with van der Waals surface area (Å²) in [5.74, 6) is 1.02. The minimum atomic E-state index is 0. The number of hydrogen-bond acceptors (Lipinski definition) is 3. The summed E-state index contributed by atoms with van der Waals surface area (Å²) in [6, 6.07) is 0.270. The Labute approximate surface area is 104 Å². The lowest BCUT2D eigenvalue weighted by Gasteiger charge is -2.21. The van der Waals surface area contributed by atoms with Crippen LogP contribution < -0.4 is 5.73 Å². The molecule has 1 saturated heterocycles. The number of nitrogens with two attached hydrogens (primary N) is 1. The smallest absolute Gasteiger partial charge is 0.236 e. The average molecular weight is 248 g/mol. The maximum absolute atomic E-state index is 11.8. The molecule has 1 aliphatic carbocycles. The monoisotopic (exact) mass is 247 g/mol. The Morgan fingerprint density at radius 3 is 2.62 bits per heavy atom. The first-order valence-corrected chi connectivity index (χ1v) is 5.87. The highest BCUT2D eigenvalue weighted by Gasteiger charge is 2.26. The summed E-state index contributed by atoms with van der Waals surface area (Å²) in [7, 11) is 1.91. The van der Waals surface area contributed by atoms with Crippen LogP contribution in [0.25, 0.3) is 0 Å². The van der Waals surface area contributed by atoms with Gasteiger partial charge in [0, 0.05) is 32.7 Å². The fourth-order valence-electron chi connectivity index (χ4n) is 2.11. The average Bonchev–Trinajstić information content (AvgIpc) is 2.90. The van der Waals surface area contributed by atoms with Crippen molar-refractivity contribution in [3.05, 3.63) is 0 Å². The first kappa shape index (κ1) is 13.7. The Balaban J connectivity index is 0.00000128. The molecule has 94 valence electrons. The minimum absolute atomic E-state index is 0. The summed E-state index contributed by atoms with van der Waals surface area (Å²) >= 11 is 0. The molecular weight excluding hydrogens is 226 g/mol. The van der Waals surface area contributed by atoms with Crippen LogP contribution in [-0.4, -0.2) is 55.0 Å². The van der Waals surface area contributed by atoms with Crippen LogP contribution in [0, 0.1) is 5.92 Å². The third-order valence-electron chi connectivity index (χ3n) is 3.32. The van der Waals surface area contributed by atoms with Gasteiger partial charge in [-0.25, -0.2) is 0 Å². The van der Waals surface area contributed by atoms with Crippen molar-refractivity contribution in [1.29, 1.82) is 0 Å². The van der Waals surface area contributed by atoms with Gasteiger partial charge in [0.15, 0.2) is 0 Å².